The molecule has 3 rings (SSSR count). The van der Waals surface area contributed by atoms with E-state index in [1.165, 1.54) is 5.56 Å². The van der Waals surface area contributed by atoms with Gasteiger partial charge in [-0.25, -0.2) is 0 Å². The third-order valence-corrected chi connectivity index (χ3v) is 3.88. The molecule has 0 amide bonds. The monoisotopic (exact) mass is 333 g/mol. The summed E-state index contributed by atoms with van der Waals surface area (Å²) in [5, 5.41) is 11.7. The number of aromatic nitrogens is 3. The maximum atomic E-state index is 4.66. The first-order valence-corrected chi connectivity index (χ1v) is 8.67. The first-order valence-electron chi connectivity index (χ1n) is 8.67. The lowest BCUT2D eigenvalue weighted by atomic mass is 10.2. The summed E-state index contributed by atoms with van der Waals surface area (Å²) in [4.78, 5) is 6.74. The Labute approximate surface area is 148 Å². The van der Waals surface area contributed by atoms with Crippen molar-refractivity contribution in [3.05, 3.63) is 72.4 Å². The first kappa shape index (κ1) is 16.9. The summed E-state index contributed by atoms with van der Waals surface area (Å²) >= 11 is 0. The Morgan fingerprint density at radius 1 is 0.960 bits per heavy atom. The Morgan fingerprint density at radius 2 is 1.68 bits per heavy atom. The third kappa shape index (κ3) is 4.76. The van der Waals surface area contributed by atoms with Crippen molar-refractivity contribution in [1.29, 1.82) is 0 Å². The van der Waals surface area contributed by atoms with Crippen LogP contribution in [0.1, 0.15) is 25.3 Å². The summed E-state index contributed by atoms with van der Waals surface area (Å²) in [5.41, 5.74) is 2.23. The van der Waals surface area contributed by atoms with E-state index in [2.05, 4.69) is 56.6 Å². The second-order valence-electron chi connectivity index (χ2n) is 5.83. The van der Waals surface area contributed by atoms with Crippen LogP contribution in [0.2, 0.25) is 0 Å². The largest absolute Gasteiger partial charge is 0.369 e. The van der Waals surface area contributed by atoms with Gasteiger partial charge in [0.1, 0.15) is 0 Å². The highest BCUT2D eigenvalue weighted by atomic mass is 15.3. The highest BCUT2D eigenvalue weighted by Gasteiger charge is 2.14. The van der Waals surface area contributed by atoms with E-state index < -0.39 is 0 Å². The van der Waals surface area contributed by atoms with Crippen molar-refractivity contribution in [2.24, 2.45) is 0 Å². The van der Waals surface area contributed by atoms with Gasteiger partial charge in [0.15, 0.2) is 5.82 Å². The van der Waals surface area contributed by atoms with Gasteiger partial charge in [-0.15, -0.1) is 5.10 Å². The average molecular weight is 333 g/mol. The van der Waals surface area contributed by atoms with Crippen LogP contribution in [0.4, 0.5) is 17.5 Å². The van der Waals surface area contributed by atoms with E-state index in [-0.39, 0.29) is 0 Å². The van der Waals surface area contributed by atoms with Crippen molar-refractivity contribution in [3.8, 4) is 0 Å². The van der Waals surface area contributed by atoms with Crippen LogP contribution in [0.25, 0.3) is 0 Å². The molecule has 128 valence electrons. The standard InChI is InChI=1S/C20H23N5/c1-2-3-14-21-19-15-22-24-20(23-19)25(18-12-8-5-9-13-18)16-17-10-6-4-7-11-17/h4-13,15H,2-3,14,16H2,1H3,(H,21,23,24). The van der Waals surface area contributed by atoms with Gasteiger partial charge in [-0.3, -0.25) is 0 Å². The predicted molar refractivity (Wildman–Crippen MR) is 102 cm³/mol. The van der Waals surface area contributed by atoms with E-state index in [4.69, 9.17) is 0 Å². The Kier molecular flexibility index (Phi) is 5.93. The summed E-state index contributed by atoms with van der Waals surface area (Å²) in [6.45, 7) is 3.74. The number of rotatable bonds is 8. The first-order chi connectivity index (χ1) is 12.4. The summed E-state index contributed by atoms with van der Waals surface area (Å²) < 4.78 is 0. The summed E-state index contributed by atoms with van der Waals surface area (Å²) in [7, 11) is 0. The number of hydrogen-bond acceptors (Lipinski definition) is 5. The topological polar surface area (TPSA) is 53.9 Å². The molecule has 0 atom stereocenters. The van der Waals surface area contributed by atoms with Gasteiger partial charge in [0.25, 0.3) is 5.95 Å². The van der Waals surface area contributed by atoms with Crippen LogP contribution in [0.15, 0.2) is 66.9 Å². The molecule has 3 aromatic rings. The van der Waals surface area contributed by atoms with Gasteiger partial charge in [0.2, 0.25) is 0 Å². The predicted octanol–water partition coefficient (Wildman–Crippen LogP) is 4.42. The fourth-order valence-electron chi connectivity index (χ4n) is 2.54. The van der Waals surface area contributed by atoms with E-state index in [9.17, 15) is 0 Å². The molecule has 2 aromatic carbocycles. The molecular formula is C20H23N5. The molecule has 1 N–H and O–H groups in total. The zero-order valence-electron chi connectivity index (χ0n) is 14.5. The fourth-order valence-corrected chi connectivity index (χ4v) is 2.54. The number of benzene rings is 2. The van der Waals surface area contributed by atoms with Gasteiger partial charge in [0.05, 0.1) is 12.7 Å². The van der Waals surface area contributed by atoms with Crippen molar-refractivity contribution in [2.75, 3.05) is 16.8 Å². The zero-order chi connectivity index (χ0) is 17.3. The minimum absolute atomic E-state index is 0.594. The number of unbranched alkanes of at least 4 members (excludes halogenated alkanes) is 1. The van der Waals surface area contributed by atoms with Crippen LogP contribution in [0.3, 0.4) is 0 Å². The van der Waals surface area contributed by atoms with Crippen molar-refractivity contribution >= 4 is 17.5 Å². The summed E-state index contributed by atoms with van der Waals surface area (Å²) in [5.74, 6) is 1.35. The molecule has 0 radical (unpaired) electrons. The van der Waals surface area contributed by atoms with Gasteiger partial charge in [-0.05, 0) is 24.1 Å². The number of nitrogens with zero attached hydrogens (tertiary/aromatic N) is 4. The van der Waals surface area contributed by atoms with Crippen LogP contribution in [0, 0.1) is 0 Å². The van der Waals surface area contributed by atoms with Gasteiger partial charge >= 0.3 is 0 Å². The van der Waals surface area contributed by atoms with Crippen molar-refractivity contribution in [1.82, 2.24) is 15.2 Å². The maximum absolute atomic E-state index is 4.66. The van der Waals surface area contributed by atoms with Crippen molar-refractivity contribution < 1.29 is 0 Å². The SMILES string of the molecule is CCCCNc1cnnc(N(Cc2ccccc2)c2ccccc2)n1. The van der Waals surface area contributed by atoms with Crippen LogP contribution >= 0.6 is 0 Å². The molecular weight excluding hydrogens is 310 g/mol. The molecule has 25 heavy (non-hydrogen) atoms. The second-order valence-corrected chi connectivity index (χ2v) is 5.83. The van der Waals surface area contributed by atoms with Crippen LogP contribution in [-0.2, 0) is 6.54 Å². The molecule has 0 saturated carbocycles. The lowest BCUT2D eigenvalue weighted by Gasteiger charge is -2.22. The number of para-hydroxylation sites is 1. The quantitative estimate of drug-likeness (QED) is 0.618. The number of hydrogen-bond donors (Lipinski definition) is 1. The molecule has 0 unspecified atom stereocenters. The van der Waals surface area contributed by atoms with Crippen molar-refractivity contribution in [3.63, 3.8) is 0 Å². The van der Waals surface area contributed by atoms with Gasteiger partial charge in [-0.2, -0.15) is 10.1 Å². The molecule has 0 aliphatic carbocycles. The molecule has 0 aliphatic heterocycles. The molecule has 0 bridgehead atoms. The van der Waals surface area contributed by atoms with Gasteiger partial charge < -0.3 is 10.2 Å². The van der Waals surface area contributed by atoms with E-state index >= 15 is 0 Å². The normalized spacial score (nSPS) is 10.4. The molecule has 0 fully saturated rings. The highest BCUT2D eigenvalue weighted by Crippen LogP contribution is 2.24. The number of nitrogens with one attached hydrogen (secondary N) is 1. The van der Waals surface area contributed by atoms with Gasteiger partial charge in [0, 0.05) is 12.2 Å². The Morgan fingerprint density at radius 3 is 2.40 bits per heavy atom. The van der Waals surface area contributed by atoms with Gasteiger partial charge in [-0.1, -0.05) is 61.9 Å². The lowest BCUT2D eigenvalue weighted by Crippen LogP contribution is -2.20. The van der Waals surface area contributed by atoms with Crippen molar-refractivity contribution in [2.45, 2.75) is 26.3 Å². The highest BCUT2D eigenvalue weighted by molar-refractivity contribution is 5.58. The molecule has 5 nitrogen and oxygen atoms in total. The second kappa shape index (κ2) is 8.78. The lowest BCUT2D eigenvalue weighted by molar-refractivity contribution is 0.820. The minimum atomic E-state index is 0.594. The Bertz CT molecular complexity index is 761. The minimum Gasteiger partial charge on any atom is -0.369 e. The smallest absolute Gasteiger partial charge is 0.252 e. The Balaban J connectivity index is 1.87. The third-order valence-electron chi connectivity index (χ3n) is 3.88. The molecule has 0 spiro atoms. The van der Waals surface area contributed by atoms with Crippen LogP contribution < -0.4 is 10.2 Å². The molecule has 1 heterocycles. The van der Waals surface area contributed by atoms with E-state index in [0.29, 0.717) is 12.5 Å². The number of anilines is 3. The average Bonchev–Trinajstić information content (AvgIpc) is 2.68. The summed E-state index contributed by atoms with van der Waals surface area (Å²) in [6.07, 6.45) is 3.92. The van der Waals surface area contributed by atoms with E-state index in [0.717, 1.165) is 30.9 Å². The van der Waals surface area contributed by atoms with E-state index in [1.807, 2.05) is 36.4 Å². The molecule has 1 aromatic heterocycles. The summed E-state index contributed by atoms with van der Waals surface area (Å²) in [6, 6.07) is 20.5. The van der Waals surface area contributed by atoms with E-state index in [1.54, 1.807) is 6.20 Å². The fraction of sp³-hybridized carbons (Fsp3) is 0.250. The molecule has 0 aliphatic rings. The molecule has 0 saturated heterocycles. The van der Waals surface area contributed by atoms with Crippen LogP contribution in [-0.4, -0.2) is 21.7 Å². The molecule has 5 heteroatoms. The zero-order valence-corrected chi connectivity index (χ0v) is 14.5. The van der Waals surface area contributed by atoms with Crippen LogP contribution in [0.5, 0.6) is 0 Å². The maximum Gasteiger partial charge on any atom is 0.252 e. The Hall–Kier alpha value is -2.95.